The Morgan fingerprint density at radius 2 is 2.07 bits per heavy atom. The van der Waals surface area contributed by atoms with Crippen molar-refractivity contribution in [3.8, 4) is 0 Å². The number of carbonyl (C=O) groups is 1. The lowest BCUT2D eigenvalue weighted by atomic mass is 9.97. The molecule has 1 rings (SSSR count). The summed E-state index contributed by atoms with van der Waals surface area (Å²) in [4.78, 5) is 10.8. The second kappa shape index (κ2) is 5.98. The molecule has 0 spiro atoms. The average molecular weight is 202 g/mol. The molecule has 82 valence electrons. The van der Waals surface area contributed by atoms with E-state index in [4.69, 9.17) is 14.6 Å². The maximum Gasteiger partial charge on any atom is 0.335 e. The van der Waals surface area contributed by atoms with Gasteiger partial charge in [-0.15, -0.1) is 0 Å². The van der Waals surface area contributed by atoms with Crippen LogP contribution in [0.1, 0.15) is 32.1 Å². The van der Waals surface area contributed by atoms with Gasteiger partial charge >= 0.3 is 5.97 Å². The molecule has 0 radical (unpaired) electrons. The van der Waals surface area contributed by atoms with Gasteiger partial charge in [0.1, 0.15) is 0 Å². The van der Waals surface area contributed by atoms with Crippen LogP contribution in [0, 0.1) is 0 Å². The summed E-state index contributed by atoms with van der Waals surface area (Å²) in [7, 11) is 1.49. The summed E-state index contributed by atoms with van der Waals surface area (Å²) in [6.45, 7) is 0.131. The molecule has 0 amide bonds. The van der Waals surface area contributed by atoms with Gasteiger partial charge in [0.2, 0.25) is 0 Å². The first-order valence-corrected chi connectivity index (χ1v) is 5.11. The van der Waals surface area contributed by atoms with Gasteiger partial charge in [-0.05, 0) is 12.8 Å². The van der Waals surface area contributed by atoms with E-state index in [-0.39, 0.29) is 12.7 Å². The Labute approximate surface area is 84.2 Å². The predicted octanol–water partition coefficient (Wildman–Crippen LogP) is 1.44. The fourth-order valence-electron chi connectivity index (χ4n) is 1.75. The number of ether oxygens (including phenoxy) is 2. The van der Waals surface area contributed by atoms with Crippen LogP contribution < -0.4 is 0 Å². The van der Waals surface area contributed by atoms with Crippen LogP contribution in [-0.2, 0) is 14.3 Å². The standard InChI is InChI=1S/C10H18O4/c1-13-7-9(10(11)12)14-8-5-3-2-4-6-8/h8-9H,2-7H2,1H3,(H,11,12). The molecule has 4 heteroatoms. The van der Waals surface area contributed by atoms with Crippen molar-refractivity contribution in [1.82, 2.24) is 0 Å². The summed E-state index contributed by atoms with van der Waals surface area (Å²) in [5, 5.41) is 8.83. The Balaban J connectivity index is 2.33. The highest BCUT2D eigenvalue weighted by Crippen LogP contribution is 2.21. The Bertz CT molecular complexity index is 175. The van der Waals surface area contributed by atoms with E-state index in [1.54, 1.807) is 0 Å². The zero-order valence-electron chi connectivity index (χ0n) is 8.57. The van der Waals surface area contributed by atoms with Crippen LogP contribution in [0.2, 0.25) is 0 Å². The number of carboxylic acid groups (broad SMARTS) is 1. The highest BCUT2D eigenvalue weighted by atomic mass is 16.6. The van der Waals surface area contributed by atoms with Gasteiger partial charge < -0.3 is 14.6 Å². The first kappa shape index (κ1) is 11.5. The lowest BCUT2D eigenvalue weighted by molar-refractivity contribution is -0.160. The number of rotatable bonds is 5. The molecule has 0 saturated heterocycles. The van der Waals surface area contributed by atoms with Crippen molar-refractivity contribution < 1.29 is 19.4 Å². The van der Waals surface area contributed by atoms with Crippen molar-refractivity contribution in [3.63, 3.8) is 0 Å². The number of aliphatic carboxylic acids is 1. The van der Waals surface area contributed by atoms with E-state index in [9.17, 15) is 4.79 Å². The molecule has 0 aromatic carbocycles. The van der Waals surface area contributed by atoms with Gasteiger partial charge in [0, 0.05) is 7.11 Å². The Hall–Kier alpha value is -0.610. The minimum atomic E-state index is -0.933. The zero-order chi connectivity index (χ0) is 10.4. The number of hydrogen-bond donors (Lipinski definition) is 1. The lowest BCUT2D eigenvalue weighted by Gasteiger charge is -2.25. The van der Waals surface area contributed by atoms with E-state index >= 15 is 0 Å². The van der Waals surface area contributed by atoms with Gasteiger partial charge in [-0.1, -0.05) is 19.3 Å². The topological polar surface area (TPSA) is 55.8 Å². The van der Waals surface area contributed by atoms with Crippen molar-refractivity contribution in [1.29, 1.82) is 0 Å². The molecule has 1 aliphatic carbocycles. The summed E-state index contributed by atoms with van der Waals surface area (Å²) in [6.07, 6.45) is 4.79. The fourth-order valence-corrected chi connectivity index (χ4v) is 1.75. The van der Waals surface area contributed by atoms with Gasteiger partial charge in [-0.25, -0.2) is 4.79 Å². The summed E-state index contributed by atoms with van der Waals surface area (Å²) >= 11 is 0. The van der Waals surface area contributed by atoms with Crippen molar-refractivity contribution in [2.45, 2.75) is 44.3 Å². The van der Waals surface area contributed by atoms with Crippen LogP contribution >= 0.6 is 0 Å². The second-order valence-electron chi connectivity index (χ2n) is 3.68. The molecule has 1 saturated carbocycles. The molecule has 0 aromatic rings. The van der Waals surface area contributed by atoms with Gasteiger partial charge in [0.25, 0.3) is 0 Å². The van der Waals surface area contributed by atoms with E-state index in [2.05, 4.69) is 0 Å². The molecule has 1 fully saturated rings. The maximum absolute atomic E-state index is 10.8. The minimum Gasteiger partial charge on any atom is -0.479 e. The normalized spacial score (nSPS) is 20.6. The summed E-state index contributed by atoms with van der Waals surface area (Å²) < 4.78 is 10.3. The third-order valence-corrected chi connectivity index (χ3v) is 2.50. The molecule has 0 aliphatic heterocycles. The van der Waals surface area contributed by atoms with E-state index in [1.807, 2.05) is 0 Å². The van der Waals surface area contributed by atoms with Crippen LogP contribution in [0.25, 0.3) is 0 Å². The molecule has 0 bridgehead atoms. The van der Waals surface area contributed by atoms with Gasteiger partial charge in [-0.3, -0.25) is 0 Å². The molecular formula is C10H18O4. The van der Waals surface area contributed by atoms with Crippen LogP contribution in [0.4, 0.5) is 0 Å². The molecule has 14 heavy (non-hydrogen) atoms. The second-order valence-corrected chi connectivity index (χ2v) is 3.68. The molecule has 4 nitrogen and oxygen atoms in total. The van der Waals surface area contributed by atoms with Crippen molar-refractivity contribution in [2.24, 2.45) is 0 Å². The van der Waals surface area contributed by atoms with Crippen molar-refractivity contribution in [3.05, 3.63) is 0 Å². The number of carboxylic acids is 1. The fraction of sp³-hybridized carbons (Fsp3) is 0.900. The Morgan fingerprint density at radius 1 is 1.43 bits per heavy atom. The SMILES string of the molecule is COCC(OC1CCCCC1)C(=O)O. The smallest absolute Gasteiger partial charge is 0.335 e. The first-order chi connectivity index (χ1) is 6.74. The van der Waals surface area contributed by atoms with E-state index in [0.29, 0.717) is 0 Å². The summed E-state index contributed by atoms with van der Waals surface area (Å²) in [5.74, 6) is -0.933. The molecular weight excluding hydrogens is 184 g/mol. The summed E-state index contributed by atoms with van der Waals surface area (Å²) in [6, 6.07) is 0. The van der Waals surface area contributed by atoms with E-state index in [1.165, 1.54) is 13.5 Å². The highest BCUT2D eigenvalue weighted by Gasteiger charge is 2.23. The largest absolute Gasteiger partial charge is 0.479 e. The number of methoxy groups -OCH3 is 1. The Morgan fingerprint density at radius 3 is 2.57 bits per heavy atom. The predicted molar refractivity (Wildman–Crippen MR) is 51.3 cm³/mol. The van der Waals surface area contributed by atoms with Crippen molar-refractivity contribution in [2.75, 3.05) is 13.7 Å². The maximum atomic E-state index is 10.8. The summed E-state index contributed by atoms with van der Waals surface area (Å²) in [5.41, 5.74) is 0. The van der Waals surface area contributed by atoms with Crippen molar-refractivity contribution >= 4 is 5.97 Å². The van der Waals surface area contributed by atoms with Gasteiger partial charge in [-0.2, -0.15) is 0 Å². The van der Waals surface area contributed by atoms with Crippen LogP contribution in [0.15, 0.2) is 0 Å². The monoisotopic (exact) mass is 202 g/mol. The van der Waals surface area contributed by atoms with E-state index in [0.717, 1.165) is 25.7 Å². The first-order valence-electron chi connectivity index (χ1n) is 5.11. The van der Waals surface area contributed by atoms with Gasteiger partial charge in [0.05, 0.1) is 12.7 Å². The molecule has 1 aliphatic rings. The molecule has 1 N–H and O–H groups in total. The van der Waals surface area contributed by atoms with Crippen LogP contribution in [-0.4, -0.2) is 37.0 Å². The zero-order valence-corrected chi connectivity index (χ0v) is 8.57. The van der Waals surface area contributed by atoms with E-state index < -0.39 is 12.1 Å². The molecule has 1 atom stereocenters. The van der Waals surface area contributed by atoms with Crippen LogP contribution in [0.5, 0.6) is 0 Å². The highest BCUT2D eigenvalue weighted by molar-refractivity contribution is 5.72. The molecule has 0 aromatic heterocycles. The average Bonchev–Trinajstić information content (AvgIpc) is 2.18. The lowest BCUT2D eigenvalue weighted by Crippen LogP contribution is -2.33. The molecule has 0 heterocycles. The van der Waals surface area contributed by atoms with Crippen LogP contribution in [0.3, 0.4) is 0 Å². The van der Waals surface area contributed by atoms with Gasteiger partial charge in [0.15, 0.2) is 6.10 Å². The quantitative estimate of drug-likeness (QED) is 0.732. The number of hydrogen-bond acceptors (Lipinski definition) is 3. The molecule has 1 unspecified atom stereocenters. The minimum absolute atomic E-state index is 0.111. The third-order valence-electron chi connectivity index (χ3n) is 2.50. The third kappa shape index (κ3) is 3.64. The Kier molecular flexibility index (Phi) is 4.90.